The van der Waals surface area contributed by atoms with Crippen molar-refractivity contribution < 1.29 is 13.0 Å². The molecule has 5 nitrogen and oxygen atoms in total. The summed E-state index contributed by atoms with van der Waals surface area (Å²) in [6.45, 7) is 0. The number of nitrogens with zero attached hydrogens (tertiary/aromatic N) is 1. The van der Waals surface area contributed by atoms with Crippen LogP contribution in [-0.4, -0.2) is 13.0 Å². The lowest BCUT2D eigenvalue weighted by atomic mass is 10.2. The summed E-state index contributed by atoms with van der Waals surface area (Å²) in [7, 11) is -4.31. The van der Waals surface area contributed by atoms with E-state index in [4.69, 9.17) is 9.81 Å². The van der Waals surface area contributed by atoms with Gasteiger partial charge in [0.1, 0.15) is 6.07 Å². The first kappa shape index (κ1) is 9.51. The average molecular weight is 198 g/mol. The Balaban J connectivity index is 3.10. The number of rotatable bonds is 2. The maximum absolute atomic E-state index is 10.4. The molecular weight excluding hydrogens is 192 g/mol. The Kier molecular flexibility index (Phi) is 2.51. The summed E-state index contributed by atoms with van der Waals surface area (Å²) in [4.78, 5) is 0. The quantitative estimate of drug-likeness (QED) is 0.687. The molecule has 0 spiro atoms. The van der Waals surface area contributed by atoms with Gasteiger partial charge < -0.3 is 0 Å². The van der Waals surface area contributed by atoms with Gasteiger partial charge in [0.25, 0.3) is 0 Å². The molecule has 0 fully saturated rings. The fraction of sp³-hybridized carbons (Fsp3) is 0. The van der Waals surface area contributed by atoms with Crippen LogP contribution >= 0.6 is 0 Å². The van der Waals surface area contributed by atoms with Crippen molar-refractivity contribution in [1.82, 2.24) is 0 Å². The predicted octanol–water partition coefficient (Wildman–Crippen LogP) is 0.773. The van der Waals surface area contributed by atoms with Crippen LogP contribution in [0.25, 0.3) is 0 Å². The largest absolute Gasteiger partial charge is 0.357 e. The van der Waals surface area contributed by atoms with Gasteiger partial charge in [-0.15, -0.1) is 0 Å². The van der Waals surface area contributed by atoms with E-state index in [1.807, 2.05) is 0 Å². The molecular formula is C7H6N2O3S. The highest BCUT2D eigenvalue weighted by molar-refractivity contribution is 7.87. The summed E-state index contributed by atoms with van der Waals surface area (Å²) in [6, 6.07) is 7.74. The fourth-order valence-electron chi connectivity index (χ4n) is 0.809. The van der Waals surface area contributed by atoms with Crippen LogP contribution < -0.4 is 4.72 Å². The highest BCUT2D eigenvalue weighted by Crippen LogP contribution is 2.14. The van der Waals surface area contributed by atoms with Crippen LogP contribution in [0, 0.1) is 11.3 Å². The molecule has 0 aliphatic carbocycles. The second-order valence-corrected chi connectivity index (χ2v) is 3.39. The number of para-hydroxylation sites is 1. The molecule has 0 bridgehead atoms. The van der Waals surface area contributed by atoms with Crippen LogP contribution in [0.4, 0.5) is 5.69 Å². The van der Waals surface area contributed by atoms with E-state index in [1.54, 1.807) is 22.9 Å². The number of hydrogen-bond donors (Lipinski definition) is 2. The summed E-state index contributed by atoms with van der Waals surface area (Å²) >= 11 is 0. The van der Waals surface area contributed by atoms with Crippen molar-refractivity contribution in [2.24, 2.45) is 0 Å². The monoisotopic (exact) mass is 198 g/mol. The molecule has 13 heavy (non-hydrogen) atoms. The minimum atomic E-state index is -4.31. The average Bonchev–Trinajstić information content (AvgIpc) is 2.02. The number of nitriles is 1. The highest BCUT2D eigenvalue weighted by atomic mass is 32.2. The number of hydrogen-bond acceptors (Lipinski definition) is 3. The van der Waals surface area contributed by atoms with Crippen LogP contribution in [0.1, 0.15) is 5.56 Å². The van der Waals surface area contributed by atoms with E-state index < -0.39 is 10.3 Å². The number of benzene rings is 1. The molecule has 0 aliphatic rings. The van der Waals surface area contributed by atoms with Gasteiger partial charge in [-0.25, -0.2) is 0 Å². The predicted molar refractivity (Wildman–Crippen MR) is 46.3 cm³/mol. The van der Waals surface area contributed by atoms with E-state index in [0.717, 1.165) is 0 Å². The molecule has 1 aromatic carbocycles. The van der Waals surface area contributed by atoms with Crippen molar-refractivity contribution in [2.75, 3.05) is 4.72 Å². The molecule has 0 radical (unpaired) electrons. The van der Waals surface area contributed by atoms with E-state index in [9.17, 15) is 8.42 Å². The van der Waals surface area contributed by atoms with Crippen molar-refractivity contribution in [3.8, 4) is 6.07 Å². The third kappa shape index (κ3) is 2.74. The van der Waals surface area contributed by atoms with E-state index in [0.29, 0.717) is 0 Å². The minimum absolute atomic E-state index is 0.0625. The molecule has 2 N–H and O–H groups in total. The zero-order valence-electron chi connectivity index (χ0n) is 6.43. The van der Waals surface area contributed by atoms with Crippen molar-refractivity contribution in [1.29, 1.82) is 5.26 Å². The Morgan fingerprint density at radius 3 is 2.54 bits per heavy atom. The molecule has 0 aliphatic heterocycles. The van der Waals surface area contributed by atoms with Gasteiger partial charge in [0, 0.05) is 0 Å². The van der Waals surface area contributed by atoms with E-state index in [-0.39, 0.29) is 11.3 Å². The Morgan fingerprint density at radius 1 is 1.38 bits per heavy atom. The van der Waals surface area contributed by atoms with E-state index in [2.05, 4.69) is 0 Å². The number of anilines is 1. The van der Waals surface area contributed by atoms with Crippen LogP contribution in [0.5, 0.6) is 0 Å². The normalized spacial score (nSPS) is 10.5. The molecule has 6 heteroatoms. The summed E-state index contributed by atoms with van der Waals surface area (Å²) in [5.74, 6) is 0. The molecule has 1 rings (SSSR count). The summed E-state index contributed by atoms with van der Waals surface area (Å²) in [5.41, 5.74) is 0.215. The zero-order valence-corrected chi connectivity index (χ0v) is 7.25. The minimum Gasteiger partial charge on any atom is -0.269 e. The smallest absolute Gasteiger partial charge is 0.269 e. The Hall–Kier alpha value is -1.58. The topological polar surface area (TPSA) is 90.2 Å². The molecule has 0 heterocycles. The lowest BCUT2D eigenvalue weighted by molar-refractivity contribution is 0.489. The summed E-state index contributed by atoms with van der Waals surface area (Å²) < 4.78 is 31.1. The van der Waals surface area contributed by atoms with Crippen LogP contribution in [0.2, 0.25) is 0 Å². The van der Waals surface area contributed by atoms with E-state index in [1.165, 1.54) is 12.1 Å². The zero-order chi connectivity index (χ0) is 9.90. The van der Waals surface area contributed by atoms with Gasteiger partial charge in [0.05, 0.1) is 11.3 Å². The molecule has 0 aromatic heterocycles. The maximum atomic E-state index is 10.4. The third-order valence-electron chi connectivity index (χ3n) is 1.29. The first-order chi connectivity index (χ1) is 6.03. The second-order valence-electron chi connectivity index (χ2n) is 2.23. The van der Waals surface area contributed by atoms with Crippen LogP contribution in [-0.2, 0) is 10.3 Å². The van der Waals surface area contributed by atoms with Crippen LogP contribution in [0.3, 0.4) is 0 Å². The van der Waals surface area contributed by atoms with Gasteiger partial charge in [-0.2, -0.15) is 13.7 Å². The molecule has 0 amide bonds. The lowest BCUT2D eigenvalue weighted by Crippen LogP contribution is -2.11. The molecule has 1 aromatic rings. The van der Waals surface area contributed by atoms with Crippen LogP contribution in [0.15, 0.2) is 24.3 Å². The molecule has 0 atom stereocenters. The molecule has 68 valence electrons. The maximum Gasteiger partial charge on any atom is 0.357 e. The molecule has 0 saturated heterocycles. The lowest BCUT2D eigenvalue weighted by Gasteiger charge is -2.02. The fourth-order valence-corrected chi connectivity index (χ4v) is 1.26. The van der Waals surface area contributed by atoms with Crippen molar-refractivity contribution in [2.45, 2.75) is 0 Å². The molecule has 0 saturated carbocycles. The van der Waals surface area contributed by atoms with Crippen molar-refractivity contribution >= 4 is 16.0 Å². The first-order valence-corrected chi connectivity index (χ1v) is 4.71. The number of nitrogens with one attached hydrogen (secondary N) is 1. The Labute approximate surface area is 75.5 Å². The second kappa shape index (κ2) is 3.43. The summed E-state index contributed by atoms with van der Waals surface area (Å²) in [6.07, 6.45) is 0. The SMILES string of the molecule is N#Cc1ccccc1NS(=O)(=O)O. The van der Waals surface area contributed by atoms with Gasteiger partial charge in [0.2, 0.25) is 0 Å². The van der Waals surface area contributed by atoms with Gasteiger partial charge in [-0.05, 0) is 12.1 Å². The first-order valence-electron chi connectivity index (χ1n) is 3.27. The van der Waals surface area contributed by atoms with Crippen molar-refractivity contribution in [3.05, 3.63) is 29.8 Å². The third-order valence-corrected chi connectivity index (χ3v) is 1.76. The summed E-state index contributed by atoms with van der Waals surface area (Å²) in [5, 5.41) is 8.55. The van der Waals surface area contributed by atoms with Gasteiger partial charge in [0.15, 0.2) is 0 Å². The van der Waals surface area contributed by atoms with E-state index >= 15 is 0 Å². The highest BCUT2D eigenvalue weighted by Gasteiger charge is 2.06. The van der Waals surface area contributed by atoms with Gasteiger partial charge in [-0.3, -0.25) is 9.27 Å². The Bertz CT molecular complexity index is 447. The standard InChI is InChI=1S/C7H6N2O3S/c8-5-6-3-1-2-4-7(6)9-13(10,11)12/h1-4,9H,(H,10,11,12). The van der Waals surface area contributed by atoms with Gasteiger partial charge >= 0.3 is 10.3 Å². The van der Waals surface area contributed by atoms with Gasteiger partial charge in [-0.1, -0.05) is 12.1 Å². The Morgan fingerprint density at radius 2 is 2.00 bits per heavy atom. The molecule has 0 unspecified atom stereocenters. The van der Waals surface area contributed by atoms with Crippen molar-refractivity contribution in [3.63, 3.8) is 0 Å².